The van der Waals surface area contributed by atoms with Crippen LogP contribution in [0.5, 0.6) is 0 Å². The van der Waals surface area contributed by atoms with Crippen LogP contribution in [0.2, 0.25) is 5.15 Å². The molecule has 0 spiro atoms. The Morgan fingerprint density at radius 3 is 2.70 bits per heavy atom. The maximum Gasteiger partial charge on any atom is 0.189 e. The van der Waals surface area contributed by atoms with Gasteiger partial charge in [0.25, 0.3) is 0 Å². The largest absolute Gasteiger partial charge is 0.334 e. The molecule has 0 atom stereocenters. The van der Waals surface area contributed by atoms with E-state index in [0.29, 0.717) is 5.15 Å². The van der Waals surface area contributed by atoms with Crippen molar-refractivity contribution in [2.75, 3.05) is 38.5 Å². The van der Waals surface area contributed by atoms with E-state index >= 15 is 0 Å². The number of piperazine rings is 1. The van der Waals surface area contributed by atoms with Crippen molar-refractivity contribution in [3.8, 4) is 0 Å². The summed E-state index contributed by atoms with van der Waals surface area (Å²) in [5.74, 6) is 0. The second-order valence-electron chi connectivity index (χ2n) is 5.82. The van der Waals surface area contributed by atoms with Crippen molar-refractivity contribution in [2.45, 2.75) is 6.92 Å². The van der Waals surface area contributed by atoms with Gasteiger partial charge in [0, 0.05) is 5.69 Å². The second-order valence-corrected chi connectivity index (χ2v) is 7.21. The molecule has 0 unspecified atom stereocenters. The summed E-state index contributed by atoms with van der Waals surface area (Å²) >= 11 is 7.74. The second kappa shape index (κ2) is 7.29. The standard InChI is InChI=1S/C16H20ClN5S/c1-12-3-5-13(6-4-12)19-16-20-15(17)14(23-16)11-18-22-9-7-21(2)8-10-22/h3-6,11H,7-10H2,1-2H3,(H,19,20)/p+1/b18-11+. The Morgan fingerprint density at radius 1 is 1.30 bits per heavy atom. The third-order valence-electron chi connectivity index (χ3n) is 3.84. The predicted octanol–water partition coefficient (Wildman–Crippen LogP) is 2.01. The SMILES string of the molecule is Cc1ccc(Nc2nc(Cl)c(/C=N/N3CC[NH+](C)CC3)s2)cc1. The van der Waals surface area contributed by atoms with Crippen molar-refractivity contribution in [3.05, 3.63) is 39.9 Å². The van der Waals surface area contributed by atoms with Crippen molar-refractivity contribution in [3.63, 3.8) is 0 Å². The molecule has 1 aromatic heterocycles. The summed E-state index contributed by atoms with van der Waals surface area (Å²) in [7, 11) is 2.21. The number of benzene rings is 1. The highest BCUT2D eigenvalue weighted by molar-refractivity contribution is 7.17. The van der Waals surface area contributed by atoms with Gasteiger partial charge < -0.3 is 10.2 Å². The number of thiazole rings is 1. The molecular weight excluding hydrogens is 330 g/mol. The number of hydrogen-bond donors (Lipinski definition) is 2. The Bertz CT molecular complexity index is 674. The summed E-state index contributed by atoms with van der Waals surface area (Å²) in [5, 5.41) is 11.2. The molecule has 23 heavy (non-hydrogen) atoms. The topological polar surface area (TPSA) is 45.0 Å². The van der Waals surface area contributed by atoms with Crippen LogP contribution >= 0.6 is 22.9 Å². The van der Waals surface area contributed by atoms with Crippen molar-refractivity contribution in [1.29, 1.82) is 0 Å². The molecule has 122 valence electrons. The molecule has 7 heteroatoms. The lowest BCUT2D eigenvalue weighted by Crippen LogP contribution is -3.11. The Labute approximate surface area is 145 Å². The van der Waals surface area contributed by atoms with E-state index in [1.807, 2.05) is 18.3 Å². The van der Waals surface area contributed by atoms with Gasteiger partial charge in [-0.25, -0.2) is 4.98 Å². The summed E-state index contributed by atoms with van der Waals surface area (Å²) in [6.45, 7) is 6.26. The molecule has 2 N–H and O–H groups in total. The van der Waals surface area contributed by atoms with Crippen LogP contribution in [0.3, 0.4) is 0 Å². The van der Waals surface area contributed by atoms with Crippen LogP contribution in [-0.2, 0) is 0 Å². The number of halogens is 1. The van der Waals surface area contributed by atoms with Crippen LogP contribution in [0.1, 0.15) is 10.4 Å². The van der Waals surface area contributed by atoms with E-state index in [1.165, 1.54) is 16.9 Å². The Kier molecular flexibility index (Phi) is 5.15. The van der Waals surface area contributed by atoms with Crippen LogP contribution in [0, 0.1) is 6.92 Å². The van der Waals surface area contributed by atoms with Crippen LogP contribution < -0.4 is 10.2 Å². The fourth-order valence-electron chi connectivity index (χ4n) is 2.33. The van der Waals surface area contributed by atoms with E-state index in [-0.39, 0.29) is 0 Å². The minimum absolute atomic E-state index is 0.494. The van der Waals surface area contributed by atoms with E-state index in [2.05, 4.69) is 46.5 Å². The van der Waals surface area contributed by atoms with E-state index in [9.17, 15) is 0 Å². The van der Waals surface area contributed by atoms with E-state index in [1.54, 1.807) is 4.90 Å². The van der Waals surface area contributed by atoms with Gasteiger partial charge in [-0.3, -0.25) is 5.01 Å². The zero-order valence-corrected chi connectivity index (χ0v) is 14.9. The van der Waals surface area contributed by atoms with Gasteiger partial charge in [-0.15, -0.1) is 0 Å². The summed E-state index contributed by atoms with van der Waals surface area (Å²) in [6.07, 6.45) is 1.82. The Balaban J connectivity index is 1.65. The Hall–Kier alpha value is -1.63. The van der Waals surface area contributed by atoms with Gasteiger partial charge in [-0.2, -0.15) is 5.10 Å². The predicted molar refractivity (Wildman–Crippen MR) is 97.4 cm³/mol. The van der Waals surface area contributed by atoms with Crippen LogP contribution in [-0.4, -0.2) is 49.4 Å². The summed E-state index contributed by atoms with van der Waals surface area (Å²) < 4.78 is 0. The number of hydrazone groups is 1. The number of nitrogens with one attached hydrogen (secondary N) is 2. The molecule has 2 aromatic rings. The molecule has 2 heterocycles. The smallest absolute Gasteiger partial charge is 0.189 e. The average molecular weight is 351 g/mol. The lowest BCUT2D eigenvalue weighted by molar-refractivity contribution is -0.884. The maximum atomic E-state index is 6.22. The van der Waals surface area contributed by atoms with Gasteiger partial charge in [0.15, 0.2) is 10.3 Å². The fraction of sp³-hybridized carbons (Fsp3) is 0.375. The highest BCUT2D eigenvalue weighted by Gasteiger charge is 2.15. The third kappa shape index (κ3) is 4.43. The molecule has 1 aliphatic heterocycles. The minimum Gasteiger partial charge on any atom is -0.334 e. The number of aromatic nitrogens is 1. The molecule has 1 saturated heterocycles. The molecular formula is C16H21ClN5S+. The molecule has 0 radical (unpaired) electrons. The van der Waals surface area contributed by atoms with Crippen LogP contribution in [0.15, 0.2) is 29.4 Å². The molecule has 0 saturated carbocycles. The lowest BCUT2D eigenvalue weighted by Gasteiger charge is -2.27. The van der Waals surface area contributed by atoms with E-state index in [0.717, 1.165) is 41.9 Å². The molecule has 0 aliphatic carbocycles. The third-order valence-corrected chi connectivity index (χ3v) is 5.15. The average Bonchev–Trinajstić information content (AvgIpc) is 2.89. The number of hydrogen-bond acceptors (Lipinski definition) is 5. The first-order valence-electron chi connectivity index (χ1n) is 7.70. The van der Waals surface area contributed by atoms with Gasteiger partial charge in [-0.05, 0) is 19.1 Å². The molecule has 5 nitrogen and oxygen atoms in total. The summed E-state index contributed by atoms with van der Waals surface area (Å²) in [4.78, 5) is 6.80. The number of likely N-dealkylation sites (N-methyl/N-ethyl adjacent to an activating group) is 1. The van der Waals surface area contributed by atoms with Gasteiger partial charge in [0.05, 0.1) is 44.3 Å². The van der Waals surface area contributed by atoms with Gasteiger partial charge >= 0.3 is 0 Å². The number of anilines is 2. The lowest BCUT2D eigenvalue weighted by atomic mass is 10.2. The molecule has 1 aromatic carbocycles. The van der Waals surface area contributed by atoms with Crippen molar-refractivity contribution < 1.29 is 4.90 Å². The summed E-state index contributed by atoms with van der Waals surface area (Å²) in [6, 6.07) is 8.19. The number of quaternary nitrogens is 1. The Morgan fingerprint density at radius 2 is 2.00 bits per heavy atom. The zero-order chi connectivity index (χ0) is 16.2. The number of aryl methyl sites for hydroxylation is 1. The van der Waals surface area contributed by atoms with Gasteiger partial charge in [0.1, 0.15) is 0 Å². The van der Waals surface area contributed by atoms with Crippen LogP contribution in [0.4, 0.5) is 10.8 Å². The first-order valence-corrected chi connectivity index (χ1v) is 8.90. The highest BCUT2D eigenvalue weighted by atomic mass is 35.5. The molecule has 1 aliphatic rings. The zero-order valence-electron chi connectivity index (χ0n) is 13.3. The van der Waals surface area contributed by atoms with Gasteiger partial charge in [-0.1, -0.05) is 40.6 Å². The molecule has 3 rings (SSSR count). The van der Waals surface area contributed by atoms with Crippen molar-refractivity contribution in [1.82, 2.24) is 9.99 Å². The normalized spacial score (nSPS) is 16.2. The molecule has 0 bridgehead atoms. The van der Waals surface area contributed by atoms with Crippen LogP contribution in [0.25, 0.3) is 0 Å². The first kappa shape index (κ1) is 16.2. The first-order chi connectivity index (χ1) is 11.1. The quantitative estimate of drug-likeness (QED) is 0.829. The number of rotatable bonds is 4. The molecule has 0 amide bonds. The fourth-order valence-corrected chi connectivity index (χ4v) is 3.38. The van der Waals surface area contributed by atoms with Gasteiger partial charge in [0.2, 0.25) is 0 Å². The van der Waals surface area contributed by atoms with Crippen molar-refractivity contribution >= 4 is 40.0 Å². The summed E-state index contributed by atoms with van der Waals surface area (Å²) in [5.41, 5.74) is 2.24. The van der Waals surface area contributed by atoms with E-state index < -0.39 is 0 Å². The van der Waals surface area contributed by atoms with E-state index in [4.69, 9.17) is 11.6 Å². The highest BCUT2D eigenvalue weighted by Crippen LogP contribution is 2.28. The monoisotopic (exact) mass is 350 g/mol. The molecule has 1 fully saturated rings. The van der Waals surface area contributed by atoms with Crippen molar-refractivity contribution in [2.24, 2.45) is 5.10 Å². The minimum atomic E-state index is 0.494. The number of nitrogens with zero attached hydrogens (tertiary/aromatic N) is 3. The maximum absolute atomic E-state index is 6.22.